The number of sulfonamides is 1. The van der Waals surface area contributed by atoms with E-state index in [2.05, 4.69) is 5.32 Å². The number of nitrogens with zero attached hydrogens (tertiary/aromatic N) is 1. The maximum absolute atomic E-state index is 12.0. The normalized spacial score (nSPS) is 12.8. The Morgan fingerprint density at radius 1 is 1.43 bits per heavy atom. The highest BCUT2D eigenvalue weighted by molar-refractivity contribution is 7.92. The van der Waals surface area contributed by atoms with Crippen LogP contribution >= 0.6 is 11.6 Å². The van der Waals surface area contributed by atoms with Crippen molar-refractivity contribution >= 4 is 33.2 Å². The van der Waals surface area contributed by atoms with Gasteiger partial charge in [-0.15, -0.1) is 0 Å². The van der Waals surface area contributed by atoms with Crippen LogP contribution in [0.4, 0.5) is 5.69 Å². The number of nitrogens with one attached hydrogen (secondary N) is 1. The van der Waals surface area contributed by atoms with Gasteiger partial charge in [0, 0.05) is 11.1 Å². The molecule has 0 fully saturated rings. The summed E-state index contributed by atoms with van der Waals surface area (Å²) in [6.45, 7) is 5.28. The molecule has 1 rings (SSSR count). The summed E-state index contributed by atoms with van der Waals surface area (Å²) in [6, 6.07) is 4.98. The highest BCUT2D eigenvalue weighted by Gasteiger charge is 2.23. The Morgan fingerprint density at radius 3 is 2.57 bits per heavy atom. The van der Waals surface area contributed by atoms with E-state index >= 15 is 0 Å². The molecule has 1 unspecified atom stereocenters. The van der Waals surface area contributed by atoms with Crippen LogP contribution in [0.25, 0.3) is 0 Å². The Balaban J connectivity index is 3.09. The summed E-state index contributed by atoms with van der Waals surface area (Å²) in [7, 11) is -3.58. The number of rotatable bonds is 6. The van der Waals surface area contributed by atoms with E-state index in [0.717, 1.165) is 17.0 Å². The topological polar surface area (TPSA) is 66.5 Å². The molecule has 1 aromatic rings. The average molecular weight is 333 g/mol. The molecule has 0 saturated carbocycles. The van der Waals surface area contributed by atoms with E-state index in [1.165, 1.54) is 0 Å². The van der Waals surface area contributed by atoms with Crippen molar-refractivity contribution < 1.29 is 13.2 Å². The fourth-order valence-corrected chi connectivity index (χ4v) is 2.88. The van der Waals surface area contributed by atoms with Gasteiger partial charge < -0.3 is 5.32 Å². The van der Waals surface area contributed by atoms with Gasteiger partial charge in [-0.05, 0) is 38.0 Å². The molecule has 0 bridgehead atoms. The molecule has 1 N–H and O–H groups in total. The third-order valence-electron chi connectivity index (χ3n) is 3.22. The molecule has 1 amide bonds. The van der Waals surface area contributed by atoms with Crippen molar-refractivity contribution in [1.82, 2.24) is 5.32 Å². The lowest BCUT2D eigenvalue weighted by Gasteiger charge is -2.24. The van der Waals surface area contributed by atoms with E-state index in [4.69, 9.17) is 11.6 Å². The van der Waals surface area contributed by atoms with Crippen molar-refractivity contribution in [3.63, 3.8) is 0 Å². The van der Waals surface area contributed by atoms with Gasteiger partial charge in [0.1, 0.15) is 6.54 Å². The van der Waals surface area contributed by atoms with Gasteiger partial charge in [0.25, 0.3) is 0 Å². The summed E-state index contributed by atoms with van der Waals surface area (Å²) in [5.41, 5.74) is 1.05. The second-order valence-electron chi connectivity index (χ2n) is 5.03. The fourth-order valence-electron chi connectivity index (χ4n) is 1.80. The number of benzene rings is 1. The van der Waals surface area contributed by atoms with E-state index in [1.807, 2.05) is 13.8 Å². The molecule has 0 aliphatic carbocycles. The zero-order valence-electron chi connectivity index (χ0n) is 12.7. The lowest BCUT2D eigenvalue weighted by atomic mass is 10.2. The summed E-state index contributed by atoms with van der Waals surface area (Å²) < 4.78 is 25.1. The van der Waals surface area contributed by atoms with E-state index < -0.39 is 10.0 Å². The van der Waals surface area contributed by atoms with Crippen LogP contribution in [-0.2, 0) is 14.8 Å². The van der Waals surface area contributed by atoms with Gasteiger partial charge >= 0.3 is 0 Å². The maximum Gasteiger partial charge on any atom is 0.240 e. The second kappa shape index (κ2) is 7.13. The van der Waals surface area contributed by atoms with Crippen molar-refractivity contribution in [3.05, 3.63) is 28.8 Å². The zero-order valence-corrected chi connectivity index (χ0v) is 14.3. The average Bonchev–Trinajstić information content (AvgIpc) is 2.38. The standard InChI is InChI=1S/C14H21ClN2O3S/c1-5-10(2)16-14(18)9-17(21(4,19)20)13-8-6-7-12(15)11(13)3/h6-8,10H,5,9H2,1-4H3,(H,16,18). The summed E-state index contributed by atoms with van der Waals surface area (Å²) >= 11 is 6.03. The van der Waals surface area contributed by atoms with Crippen molar-refractivity contribution in [2.75, 3.05) is 17.1 Å². The third kappa shape index (κ3) is 4.89. The first-order chi connectivity index (χ1) is 9.66. The minimum absolute atomic E-state index is 0.000585. The number of anilines is 1. The summed E-state index contributed by atoms with van der Waals surface area (Å²) in [5.74, 6) is -0.339. The van der Waals surface area contributed by atoms with Gasteiger partial charge in [0.15, 0.2) is 0 Å². The molecule has 0 spiro atoms. The van der Waals surface area contributed by atoms with Crippen LogP contribution in [0.1, 0.15) is 25.8 Å². The molecule has 1 aromatic carbocycles. The number of hydrogen-bond acceptors (Lipinski definition) is 3. The molecule has 1 atom stereocenters. The molecular formula is C14H21ClN2O3S. The molecule has 5 nitrogen and oxygen atoms in total. The summed E-state index contributed by atoms with van der Waals surface area (Å²) in [6.07, 6.45) is 1.85. The monoisotopic (exact) mass is 332 g/mol. The van der Waals surface area contributed by atoms with Crippen LogP contribution in [0.2, 0.25) is 5.02 Å². The van der Waals surface area contributed by atoms with Crippen LogP contribution < -0.4 is 9.62 Å². The van der Waals surface area contributed by atoms with E-state index in [9.17, 15) is 13.2 Å². The molecule has 0 aromatic heterocycles. The molecule has 118 valence electrons. The van der Waals surface area contributed by atoms with Crippen molar-refractivity contribution in [3.8, 4) is 0 Å². The largest absolute Gasteiger partial charge is 0.352 e. The zero-order chi connectivity index (χ0) is 16.2. The fraction of sp³-hybridized carbons (Fsp3) is 0.500. The van der Waals surface area contributed by atoms with Crippen LogP contribution in [0, 0.1) is 6.92 Å². The van der Waals surface area contributed by atoms with Gasteiger partial charge in [0.05, 0.1) is 11.9 Å². The van der Waals surface area contributed by atoms with Gasteiger partial charge in [-0.1, -0.05) is 24.6 Å². The Labute approximate surface area is 131 Å². The lowest BCUT2D eigenvalue weighted by molar-refractivity contribution is -0.120. The lowest BCUT2D eigenvalue weighted by Crippen LogP contribution is -2.43. The molecule has 0 saturated heterocycles. The number of halogens is 1. The number of amides is 1. The maximum atomic E-state index is 12.0. The van der Waals surface area contributed by atoms with Crippen molar-refractivity contribution in [2.24, 2.45) is 0 Å². The minimum Gasteiger partial charge on any atom is -0.352 e. The molecule has 7 heteroatoms. The van der Waals surface area contributed by atoms with E-state index in [1.54, 1.807) is 25.1 Å². The van der Waals surface area contributed by atoms with Gasteiger partial charge in [-0.2, -0.15) is 0 Å². The van der Waals surface area contributed by atoms with E-state index in [-0.39, 0.29) is 18.5 Å². The van der Waals surface area contributed by atoms with E-state index in [0.29, 0.717) is 16.3 Å². The Kier molecular flexibility index (Phi) is 6.04. The highest BCUT2D eigenvalue weighted by Crippen LogP contribution is 2.27. The Hall–Kier alpha value is -1.27. The molecule has 0 radical (unpaired) electrons. The number of hydrogen-bond donors (Lipinski definition) is 1. The van der Waals surface area contributed by atoms with Gasteiger partial charge in [0.2, 0.25) is 15.9 Å². The quantitative estimate of drug-likeness (QED) is 0.869. The number of carbonyl (C=O) groups is 1. The van der Waals surface area contributed by atoms with Crippen LogP contribution in [0.3, 0.4) is 0 Å². The SMILES string of the molecule is CCC(C)NC(=O)CN(c1cccc(Cl)c1C)S(C)(=O)=O. The van der Waals surface area contributed by atoms with Crippen LogP contribution in [0.5, 0.6) is 0 Å². The first-order valence-corrected chi connectivity index (χ1v) is 8.91. The first-order valence-electron chi connectivity index (χ1n) is 6.69. The second-order valence-corrected chi connectivity index (χ2v) is 7.34. The van der Waals surface area contributed by atoms with Crippen molar-refractivity contribution in [1.29, 1.82) is 0 Å². The summed E-state index contributed by atoms with van der Waals surface area (Å²) in [5, 5.41) is 3.22. The minimum atomic E-state index is -3.58. The molecule has 0 aliphatic heterocycles. The molecular weight excluding hydrogens is 312 g/mol. The third-order valence-corrected chi connectivity index (χ3v) is 4.75. The predicted octanol–water partition coefficient (Wildman–Crippen LogP) is 2.33. The smallest absolute Gasteiger partial charge is 0.240 e. The molecule has 0 aliphatic rings. The Bertz CT molecular complexity index is 617. The molecule has 21 heavy (non-hydrogen) atoms. The van der Waals surface area contributed by atoms with Gasteiger partial charge in [-0.3, -0.25) is 9.10 Å². The van der Waals surface area contributed by atoms with Crippen LogP contribution in [0.15, 0.2) is 18.2 Å². The highest BCUT2D eigenvalue weighted by atomic mass is 35.5. The van der Waals surface area contributed by atoms with Crippen molar-refractivity contribution in [2.45, 2.75) is 33.2 Å². The van der Waals surface area contributed by atoms with Gasteiger partial charge in [-0.25, -0.2) is 8.42 Å². The number of carbonyl (C=O) groups excluding carboxylic acids is 1. The predicted molar refractivity (Wildman–Crippen MR) is 86.3 cm³/mol. The first kappa shape index (κ1) is 17.8. The Morgan fingerprint density at radius 2 is 2.05 bits per heavy atom. The van der Waals surface area contributed by atoms with Crippen LogP contribution in [-0.4, -0.2) is 33.2 Å². The summed E-state index contributed by atoms with van der Waals surface area (Å²) in [4.78, 5) is 12.0. The molecule has 0 heterocycles.